The van der Waals surface area contributed by atoms with Crippen LogP contribution >= 0.6 is 11.3 Å². The van der Waals surface area contributed by atoms with Crippen LogP contribution in [0.1, 0.15) is 43.4 Å². The van der Waals surface area contributed by atoms with E-state index in [-0.39, 0.29) is 11.9 Å². The number of hydrogen-bond donors (Lipinski definition) is 2. The van der Waals surface area contributed by atoms with E-state index in [1.807, 2.05) is 4.52 Å². The Morgan fingerprint density at radius 3 is 2.79 bits per heavy atom. The Bertz CT molecular complexity index is 1370. The van der Waals surface area contributed by atoms with Gasteiger partial charge >= 0.3 is 0 Å². The highest BCUT2D eigenvalue weighted by Crippen LogP contribution is 2.41. The van der Waals surface area contributed by atoms with Crippen LogP contribution in [-0.2, 0) is 4.79 Å². The van der Waals surface area contributed by atoms with Gasteiger partial charge in [0.25, 0.3) is 0 Å². The first kappa shape index (κ1) is 22.8. The highest BCUT2D eigenvalue weighted by Gasteiger charge is 2.29. The van der Waals surface area contributed by atoms with Gasteiger partial charge in [-0.25, -0.2) is 14.5 Å². The van der Waals surface area contributed by atoms with E-state index in [4.69, 9.17) is 4.98 Å². The number of aromatic amines is 1. The van der Waals surface area contributed by atoms with Crippen LogP contribution in [0.3, 0.4) is 0 Å². The first-order chi connectivity index (χ1) is 16.3. The molecule has 1 amide bonds. The summed E-state index contributed by atoms with van der Waals surface area (Å²) in [7, 11) is 1.69. The van der Waals surface area contributed by atoms with Crippen LogP contribution in [0.25, 0.3) is 27.3 Å². The summed E-state index contributed by atoms with van der Waals surface area (Å²) in [4.78, 5) is 30.7. The van der Waals surface area contributed by atoms with E-state index >= 15 is 0 Å². The number of nitrogens with zero attached hydrogens (tertiary/aromatic N) is 6. The van der Waals surface area contributed by atoms with Gasteiger partial charge in [-0.2, -0.15) is 5.10 Å². The van der Waals surface area contributed by atoms with Crippen molar-refractivity contribution in [1.29, 1.82) is 0 Å². The number of amides is 1. The second kappa shape index (κ2) is 8.66. The number of likely N-dealkylation sites (N-methyl/N-ethyl adjacent to an activating group) is 1. The first-order valence-electron chi connectivity index (χ1n) is 11.8. The minimum Gasteiger partial charge on any atom is -0.358 e. The van der Waals surface area contributed by atoms with Gasteiger partial charge in [0.1, 0.15) is 16.7 Å². The molecule has 0 radical (unpaired) electrons. The van der Waals surface area contributed by atoms with Crippen LogP contribution in [0.5, 0.6) is 0 Å². The van der Waals surface area contributed by atoms with E-state index < -0.39 is 0 Å². The zero-order chi connectivity index (χ0) is 24.1. The van der Waals surface area contributed by atoms with Crippen LogP contribution in [0.15, 0.2) is 12.5 Å². The first-order valence-corrected chi connectivity index (χ1v) is 12.6. The molecule has 0 spiro atoms. The van der Waals surface area contributed by atoms with Crippen molar-refractivity contribution in [3.05, 3.63) is 29.2 Å². The topological polar surface area (TPSA) is 94.5 Å². The second-order valence-corrected chi connectivity index (χ2v) is 10.5. The molecule has 1 fully saturated rings. The molecule has 4 aromatic heterocycles. The zero-order valence-corrected chi connectivity index (χ0v) is 21.5. The molecule has 1 atom stereocenters. The minimum atomic E-state index is 0.0620. The highest BCUT2D eigenvalue weighted by atomic mass is 32.1. The summed E-state index contributed by atoms with van der Waals surface area (Å²) >= 11 is 1.72. The van der Waals surface area contributed by atoms with Crippen molar-refractivity contribution in [3.8, 4) is 11.3 Å². The third-order valence-corrected chi connectivity index (χ3v) is 7.96. The number of fused-ring (bicyclic) bond motifs is 2. The van der Waals surface area contributed by atoms with Crippen LogP contribution in [0.4, 0.5) is 5.13 Å². The van der Waals surface area contributed by atoms with Gasteiger partial charge in [0.2, 0.25) is 5.91 Å². The van der Waals surface area contributed by atoms with Gasteiger partial charge in [0, 0.05) is 50.0 Å². The van der Waals surface area contributed by atoms with Gasteiger partial charge in [-0.15, -0.1) is 0 Å². The maximum atomic E-state index is 11.8. The van der Waals surface area contributed by atoms with Crippen LogP contribution < -0.4 is 10.2 Å². The smallest absolute Gasteiger partial charge is 0.233 e. The Morgan fingerprint density at radius 2 is 2.09 bits per heavy atom. The van der Waals surface area contributed by atoms with E-state index in [1.54, 1.807) is 24.7 Å². The fourth-order valence-electron chi connectivity index (χ4n) is 4.97. The summed E-state index contributed by atoms with van der Waals surface area (Å²) in [5, 5.41) is 8.14. The second-order valence-electron chi connectivity index (χ2n) is 9.51. The summed E-state index contributed by atoms with van der Waals surface area (Å²) in [5.74, 6) is 0.374. The van der Waals surface area contributed by atoms with E-state index in [9.17, 15) is 4.79 Å². The Morgan fingerprint density at radius 1 is 1.29 bits per heavy atom. The number of thiazole rings is 1. The fourth-order valence-corrected chi connectivity index (χ4v) is 6.08. The number of aromatic nitrogens is 5. The molecule has 4 aromatic rings. The zero-order valence-electron chi connectivity index (χ0n) is 20.6. The van der Waals surface area contributed by atoms with Gasteiger partial charge in [0.15, 0.2) is 10.8 Å². The maximum Gasteiger partial charge on any atom is 0.233 e. The lowest BCUT2D eigenvalue weighted by Gasteiger charge is -2.39. The van der Waals surface area contributed by atoms with Gasteiger partial charge in [-0.3, -0.25) is 9.69 Å². The fraction of sp³-hybridized carbons (Fsp3) is 0.500. The Balaban J connectivity index is 1.50. The van der Waals surface area contributed by atoms with E-state index in [0.29, 0.717) is 12.5 Å². The van der Waals surface area contributed by atoms with Crippen molar-refractivity contribution in [3.63, 3.8) is 0 Å². The van der Waals surface area contributed by atoms with Crippen molar-refractivity contribution in [1.82, 2.24) is 34.8 Å². The molecular weight excluding hydrogens is 448 g/mol. The molecule has 34 heavy (non-hydrogen) atoms. The summed E-state index contributed by atoms with van der Waals surface area (Å²) in [5.41, 5.74) is 7.80. The van der Waals surface area contributed by atoms with Gasteiger partial charge in [-0.1, -0.05) is 25.2 Å². The number of piperazine rings is 1. The van der Waals surface area contributed by atoms with Crippen LogP contribution in [0.2, 0.25) is 0 Å². The standard InChI is InChI=1S/C24H32N8OS/c1-13(2)19-20(17-10-32-22(26-12-27-32)16(5)15(17)4)28-23-21(19)29-24(34-23)31-8-7-30(9-14(31)3)11-18(33)25-6/h10,12-14,28H,7-9,11H2,1-6H3,(H,25,33)/t14-/m0/s1. The molecule has 1 aliphatic rings. The summed E-state index contributed by atoms with van der Waals surface area (Å²) in [6.07, 6.45) is 3.67. The van der Waals surface area contributed by atoms with Gasteiger partial charge in [0.05, 0.1) is 12.2 Å². The Kier molecular flexibility index (Phi) is 5.81. The molecule has 9 nitrogen and oxygen atoms in total. The predicted molar refractivity (Wildman–Crippen MR) is 137 cm³/mol. The van der Waals surface area contributed by atoms with E-state index in [2.05, 4.69) is 71.0 Å². The number of H-pyrrole nitrogens is 1. The SMILES string of the molecule is CNC(=O)CN1CCN(c2nc3c(C(C)C)c(-c4cn5ncnc5c(C)c4C)[nH]c3s2)[C@@H](C)C1. The number of aryl methyl sites for hydroxylation is 1. The molecule has 5 heterocycles. The third kappa shape index (κ3) is 3.74. The van der Waals surface area contributed by atoms with Crippen molar-refractivity contribution in [2.75, 3.05) is 38.1 Å². The molecule has 0 aliphatic carbocycles. The van der Waals surface area contributed by atoms with E-state index in [0.717, 1.165) is 57.6 Å². The van der Waals surface area contributed by atoms with E-state index in [1.165, 1.54) is 11.1 Å². The lowest BCUT2D eigenvalue weighted by molar-refractivity contribution is -0.121. The number of rotatable bonds is 5. The van der Waals surface area contributed by atoms with Crippen LogP contribution in [0, 0.1) is 13.8 Å². The monoisotopic (exact) mass is 480 g/mol. The number of carbonyl (C=O) groups excluding carboxylic acids is 1. The lowest BCUT2D eigenvalue weighted by Crippen LogP contribution is -2.53. The summed E-state index contributed by atoms with van der Waals surface area (Å²) < 4.78 is 1.86. The number of anilines is 1. The summed E-state index contributed by atoms with van der Waals surface area (Å²) in [6, 6.07) is 0.287. The number of nitrogens with one attached hydrogen (secondary N) is 2. The molecule has 10 heteroatoms. The van der Waals surface area contributed by atoms with Gasteiger partial charge in [-0.05, 0) is 37.8 Å². The molecular formula is C24H32N8OS. The Labute approximate surface area is 203 Å². The lowest BCUT2D eigenvalue weighted by atomic mass is 9.96. The third-order valence-electron chi connectivity index (χ3n) is 6.96. The van der Waals surface area contributed by atoms with Crippen molar-refractivity contribution >= 4 is 38.4 Å². The molecule has 0 unspecified atom stereocenters. The largest absolute Gasteiger partial charge is 0.358 e. The average molecular weight is 481 g/mol. The molecule has 1 saturated heterocycles. The van der Waals surface area contributed by atoms with Crippen molar-refractivity contribution in [2.45, 2.75) is 46.6 Å². The summed E-state index contributed by atoms with van der Waals surface area (Å²) in [6.45, 7) is 13.9. The predicted octanol–water partition coefficient (Wildman–Crippen LogP) is 3.33. The maximum absolute atomic E-state index is 11.8. The number of pyridine rings is 1. The molecule has 5 rings (SSSR count). The normalized spacial score (nSPS) is 17.4. The number of hydrogen-bond acceptors (Lipinski definition) is 7. The molecule has 0 aromatic carbocycles. The molecule has 180 valence electrons. The van der Waals surface area contributed by atoms with Crippen molar-refractivity contribution < 1.29 is 4.79 Å². The average Bonchev–Trinajstić information content (AvgIpc) is 3.50. The Hall–Kier alpha value is -2.98. The van der Waals surface area contributed by atoms with Gasteiger partial charge < -0.3 is 15.2 Å². The highest BCUT2D eigenvalue weighted by molar-refractivity contribution is 7.21. The molecule has 1 aliphatic heterocycles. The molecule has 2 N–H and O–H groups in total. The van der Waals surface area contributed by atoms with Crippen molar-refractivity contribution in [2.24, 2.45) is 0 Å². The minimum absolute atomic E-state index is 0.0620. The number of carbonyl (C=O) groups is 1. The quantitative estimate of drug-likeness (QED) is 0.455. The molecule has 0 bridgehead atoms. The van der Waals surface area contributed by atoms with Crippen LogP contribution in [-0.4, -0.2) is 74.6 Å². The molecule has 0 saturated carbocycles.